The van der Waals surface area contributed by atoms with Crippen LogP contribution in [0.2, 0.25) is 0 Å². The van der Waals surface area contributed by atoms with Crippen molar-refractivity contribution in [2.75, 3.05) is 5.32 Å². The monoisotopic (exact) mass is 412 g/mol. The van der Waals surface area contributed by atoms with Crippen molar-refractivity contribution >= 4 is 23.5 Å². The van der Waals surface area contributed by atoms with E-state index in [1.54, 1.807) is 6.92 Å². The SMILES string of the molecule is CCC(=O)Nc1ccc(CN2C(=O)C(c3ccccc3)(c3ccccc3)N=C2N)cc1. The van der Waals surface area contributed by atoms with Crippen molar-refractivity contribution in [1.29, 1.82) is 0 Å². The fourth-order valence-electron chi connectivity index (χ4n) is 3.76. The molecule has 3 N–H and O–H groups in total. The Bertz CT molecular complexity index is 1070. The Morgan fingerprint density at radius 1 is 0.935 bits per heavy atom. The number of carbonyl (C=O) groups is 2. The van der Waals surface area contributed by atoms with Gasteiger partial charge in [-0.15, -0.1) is 0 Å². The van der Waals surface area contributed by atoms with Crippen molar-refractivity contribution < 1.29 is 9.59 Å². The van der Waals surface area contributed by atoms with Crippen LogP contribution in [-0.4, -0.2) is 22.7 Å². The second-order valence-corrected chi connectivity index (χ2v) is 7.40. The molecule has 0 aliphatic carbocycles. The van der Waals surface area contributed by atoms with Crippen LogP contribution in [-0.2, 0) is 21.7 Å². The molecule has 2 amide bonds. The normalized spacial score (nSPS) is 14.9. The van der Waals surface area contributed by atoms with Gasteiger partial charge in [0, 0.05) is 12.1 Å². The number of benzene rings is 3. The van der Waals surface area contributed by atoms with Crippen LogP contribution in [0.15, 0.2) is 89.9 Å². The molecular weight excluding hydrogens is 388 g/mol. The summed E-state index contributed by atoms with van der Waals surface area (Å²) in [4.78, 5) is 31.6. The quantitative estimate of drug-likeness (QED) is 0.648. The molecular formula is C25H24N4O2. The number of nitrogens with zero attached hydrogens (tertiary/aromatic N) is 2. The first-order valence-electron chi connectivity index (χ1n) is 10.2. The summed E-state index contributed by atoms with van der Waals surface area (Å²) in [6, 6.07) is 26.4. The summed E-state index contributed by atoms with van der Waals surface area (Å²) in [5, 5.41) is 2.82. The van der Waals surface area contributed by atoms with Gasteiger partial charge < -0.3 is 11.1 Å². The van der Waals surface area contributed by atoms with Gasteiger partial charge in [0.2, 0.25) is 5.91 Å². The van der Waals surface area contributed by atoms with Gasteiger partial charge >= 0.3 is 0 Å². The number of nitrogens with two attached hydrogens (primary N) is 1. The average molecular weight is 412 g/mol. The Hall–Kier alpha value is -3.93. The molecule has 1 aliphatic heterocycles. The lowest BCUT2D eigenvalue weighted by Crippen LogP contribution is -2.43. The molecule has 31 heavy (non-hydrogen) atoms. The minimum atomic E-state index is -1.21. The minimum Gasteiger partial charge on any atom is -0.369 e. The highest BCUT2D eigenvalue weighted by molar-refractivity contribution is 6.09. The maximum atomic E-state index is 13.8. The number of hydrogen-bond acceptors (Lipinski definition) is 4. The highest BCUT2D eigenvalue weighted by Gasteiger charge is 2.50. The van der Waals surface area contributed by atoms with Gasteiger partial charge in [-0.25, -0.2) is 4.99 Å². The van der Waals surface area contributed by atoms with Gasteiger partial charge in [0.1, 0.15) is 0 Å². The van der Waals surface area contributed by atoms with Crippen LogP contribution in [0.4, 0.5) is 5.69 Å². The summed E-state index contributed by atoms with van der Waals surface area (Å²) in [6.07, 6.45) is 0.415. The molecule has 3 aromatic carbocycles. The summed E-state index contributed by atoms with van der Waals surface area (Å²) in [6.45, 7) is 2.09. The second-order valence-electron chi connectivity index (χ2n) is 7.40. The van der Waals surface area contributed by atoms with Crippen molar-refractivity contribution in [2.45, 2.75) is 25.4 Å². The Labute approximate surface area is 181 Å². The van der Waals surface area contributed by atoms with E-state index < -0.39 is 5.54 Å². The fourth-order valence-corrected chi connectivity index (χ4v) is 3.76. The summed E-state index contributed by atoms with van der Waals surface area (Å²) >= 11 is 0. The molecule has 6 nitrogen and oxygen atoms in total. The van der Waals surface area contributed by atoms with E-state index >= 15 is 0 Å². The van der Waals surface area contributed by atoms with Crippen molar-refractivity contribution in [1.82, 2.24) is 4.90 Å². The molecule has 0 saturated carbocycles. The van der Waals surface area contributed by atoms with Gasteiger partial charge in [-0.1, -0.05) is 79.7 Å². The Balaban J connectivity index is 1.65. The third-order valence-electron chi connectivity index (χ3n) is 5.40. The first kappa shape index (κ1) is 20.3. The molecule has 0 aromatic heterocycles. The lowest BCUT2D eigenvalue weighted by molar-refractivity contribution is -0.130. The van der Waals surface area contributed by atoms with E-state index in [0.717, 1.165) is 16.7 Å². The lowest BCUT2D eigenvalue weighted by Gasteiger charge is -2.27. The predicted octanol–water partition coefficient (Wildman–Crippen LogP) is 3.64. The fraction of sp³-hybridized carbons (Fsp3) is 0.160. The summed E-state index contributed by atoms with van der Waals surface area (Å²) in [5.74, 6) is -0.0545. The third kappa shape index (κ3) is 3.80. The van der Waals surface area contributed by atoms with Crippen molar-refractivity contribution in [2.24, 2.45) is 10.7 Å². The molecule has 0 radical (unpaired) electrons. The van der Waals surface area contributed by atoms with E-state index in [2.05, 4.69) is 5.32 Å². The highest BCUT2D eigenvalue weighted by atomic mass is 16.2. The molecule has 0 spiro atoms. The van der Waals surface area contributed by atoms with Gasteiger partial charge in [-0.05, 0) is 28.8 Å². The number of carbonyl (C=O) groups excluding carboxylic acids is 2. The topological polar surface area (TPSA) is 87.8 Å². The van der Waals surface area contributed by atoms with Gasteiger partial charge in [-0.3, -0.25) is 14.5 Å². The number of hydrogen-bond donors (Lipinski definition) is 2. The molecule has 0 unspecified atom stereocenters. The van der Waals surface area contributed by atoms with Crippen LogP contribution in [0, 0.1) is 0 Å². The maximum Gasteiger partial charge on any atom is 0.266 e. The molecule has 3 aromatic rings. The van der Waals surface area contributed by atoms with E-state index in [0.29, 0.717) is 12.1 Å². The van der Waals surface area contributed by atoms with Crippen molar-refractivity contribution in [3.05, 3.63) is 102 Å². The van der Waals surface area contributed by atoms with E-state index in [1.807, 2.05) is 84.9 Å². The van der Waals surface area contributed by atoms with Gasteiger partial charge in [0.25, 0.3) is 5.91 Å². The average Bonchev–Trinajstić information content (AvgIpc) is 3.07. The molecule has 0 saturated heterocycles. The zero-order valence-electron chi connectivity index (χ0n) is 17.3. The van der Waals surface area contributed by atoms with Crippen LogP contribution in [0.25, 0.3) is 0 Å². The third-order valence-corrected chi connectivity index (χ3v) is 5.40. The number of amides is 2. The van der Waals surface area contributed by atoms with Crippen LogP contribution in [0.5, 0.6) is 0 Å². The molecule has 4 rings (SSSR count). The maximum absolute atomic E-state index is 13.8. The first-order chi connectivity index (χ1) is 15.0. The largest absolute Gasteiger partial charge is 0.369 e. The molecule has 156 valence electrons. The molecule has 0 bridgehead atoms. The van der Waals surface area contributed by atoms with E-state index in [9.17, 15) is 9.59 Å². The summed E-state index contributed by atoms with van der Waals surface area (Å²) in [7, 11) is 0. The highest BCUT2D eigenvalue weighted by Crippen LogP contribution is 2.39. The van der Waals surface area contributed by atoms with Crippen molar-refractivity contribution in [3.63, 3.8) is 0 Å². The van der Waals surface area contributed by atoms with Crippen LogP contribution in [0.3, 0.4) is 0 Å². The van der Waals surface area contributed by atoms with Gasteiger partial charge in [-0.2, -0.15) is 0 Å². The Morgan fingerprint density at radius 2 is 1.48 bits per heavy atom. The standard InChI is InChI=1S/C25H24N4O2/c1-2-22(30)27-21-15-13-18(14-16-21)17-29-23(31)25(28-24(29)26,19-9-5-3-6-10-19)20-11-7-4-8-12-20/h3-16H,2,17H2,1H3,(H2,26,28)(H,27,30). The Kier molecular flexibility index (Phi) is 5.54. The predicted molar refractivity (Wildman–Crippen MR) is 121 cm³/mol. The van der Waals surface area contributed by atoms with E-state index in [-0.39, 0.29) is 24.3 Å². The lowest BCUT2D eigenvalue weighted by atomic mass is 9.83. The molecule has 1 heterocycles. The van der Waals surface area contributed by atoms with Gasteiger partial charge in [0.05, 0.1) is 6.54 Å². The molecule has 6 heteroatoms. The van der Waals surface area contributed by atoms with Crippen molar-refractivity contribution in [3.8, 4) is 0 Å². The van der Waals surface area contributed by atoms with E-state index in [4.69, 9.17) is 10.7 Å². The molecule has 1 aliphatic rings. The number of rotatable bonds is 6. The smallest absolute Gasteiger partial charge is 0.266 e. The van der Waals surface area contributed by atoms with E-state index in [1.165, 1.54) is 4.90 Å². The van der Waals surface area contributed by atoms with Crippen LogP contribution in [0.1, 0.15) is 30.0 Å². The first-order valence-corrected chi connectivity index (χ1v) is 10.2. The number of anilines is 1. The minimum absolute atomic E-state index is 0.0469. The molecule has 0 fully saturated rings. The number of nitrogens with one attached hydrogen (secondary N) is 1. The number of aliphatic imine (C=N–C) groups is 1. The number of guanidine groups is 1. The Morgan fingerprint density at radius 3 is 2.00 bits per heavy atom. The second kappa shape index (κ2) is 8.44. The zero-order valence-corrected chi connectivity index (χ0v) is 17.3. The van der Waals surface area contributed by atoms with Gasteiger partial charge in [0.15, 0.2) is 11.5 Å². The summed E-state index contributed by atoms with van der Waals surface area (Å²) in [5.41, 5.74) is 8.22. The van der Waals surface area contributed by atoms with Crippen LogP contribution < -0.4 is 11.1 Å². The molecule has 0 atom stereocenters. The van der Waals surface area contributed by atoms with Crippen LogP contribution >= 0.6 is 0 Å². The summed E-state index contributed by atoms with van der Waals surface area (Å²) < 4.78 is 0. The zero-order chi connectivity index (χ0) is 21.8.